The number of rotatable bonds is 7. The predicted molar refractivity (Wildman–Crippen MR) is 106 cm³/mol. The van der Waals surface area contributed by atoms with E-state index < -0.39 is 4.92 Å². The topological polar surface area (TPSA) is 93.0 Å². The van der Waals surface area contributed by atoms with Gasteiger partial charge in [0.25, 0.3) is 5.69 Å². The molecule has 0 spiro atoms. The molecule has 0 radical (unpaired) electrons. The largest absolute Gasteiger partial charge is 0.493 e. The maximum absolute atomic E-state index is 10.9. The minimum Gasteiger partial charge on any atom is -0.493 e. The number of non-ortho nitro benzene ring substituents is 1. The van der Waals surface area contributed by atoms with Crippen molar-refractivity contribution in [1.82, 2.24) is 4.37 Å². The molecule has 0 aliphatic carbocycles. The highest BCUT2D eigenvalue weighted by Crippen LogP contribution is 2.51. The number of hydrogen-bond acceptors (Lipinski definition) is 8. The van der Waals surface area contributed by atoms with Gasteiger partial charge in [-0.1, -0.05) is 0 Å². The monoisotopic (exact) mass is 402 g/mol. The van der Waals surface area contributed by atoms with Crippen molar-refractivity contribution in [3.63, 3.8) is 0 Å². The van der Waals surface area contributed by atoms with Crippen LogP contribution in [0.2, 0.25) is 0 Å². The first-order valence-electron chi connectivity index (χ1n) is 8.12. The van der Waals surface area contributed by atoms with Gasteiger partial charge in [0.1, 0.15) is 0 Å². The molecule has 0 unspecified atom stereocenters. The number of methoxy groups -OCH3 is 4. The van der Waals surface area contributed by atoms with E-state index in [9.17, 15) is 10.1 Å². The van der Waals surface area contributed by atoms with E-state index in [-0.39, 0.29) is 5.69 Å². The summed E-state index contributed by atoms with van der Waals surface area (Å²) < 4.78 is 26.4. The van der Waals surface area contributed by atoms with E-state index in [2.05, 4.69) is 4.37 Å². The molecule has 0 aliphatic rings. The number of ether oxygens (including phenoxy) is 4. The molecule has 0 saturated heterocycles. The van der Waals surface area contributed by atoms with Gasteiger partial charge < -0.3 is 18.9 Å². The molecule has 0 N–H and O–H groups in total. The Morgan fingerprint density at radius 1 is 0.893 bits per heavy atom. The van der Waals surface area contributed by atoms with Crippen LogP contribution in [-0.2, 0) is 0 Å². The van der Waals surface area contributed by atoms with E-state index in [4.69, 9.17) is 18.9 Å². The molecule has 146 valence electrons. The second-order valence-electron chi connectivity index (χ2n) is 5.61. The number of nitrogens with zero attached hydrogens (tertiary/aromatic N) is 2. The standard InChI is InChI=1S/C19H18N2O6S/c1-24-15-9-13(17(25-2)19(27-4)18(15)26-3)14-10-28-20-16(14)11-5-7-12(8-6-11)21(22)23/h5-10H,1-4H3. The van der Waals surface area contributed by atoms with Gasteiger partial charge in [-0.25, -0.2) is 0 Å². The van der Waals surface area contributed by atoms with Crippen molar-refractivity contribution in [2.24, 2.45) is 0 Å². The minimum absolute atomic E-state index is 0.0193. The number of benzene rings is 2. The van der Waals surface area contributed by atoms with Crippen molar-refractivity contribution in [2.75, 3.05) is 28.4 Å². The minimum atomic E-state index is -0.437. The van der Waals surface area contributed by atoms with E-state index >= 15 is 0 Å². The molecule has 0 aliphatic heterocycles. The Hall–Kier alpha value is -3.33. The van der Waals surface area contributed by atoms with Crippen LogP contribution in [0.15, 0.2) is 35.7 Å². The van der Waals surface area contributed by atoms with Crippen molar-refractivity contribution in [3.05, 3.63) is 45.8 Å². The number of nitro groups is 1. The molecule has 2 aromatic carbocycles. The molecular weight excluding hydrogens is 384 g/mol. The molecule has 0 saturated carbocycles. The number of nitro benzene ring substituents is 1. The lowest BCUT2D eigenvalue weighted by Crippen LogP contribution is -2.00. The lowest BCUT2D eigenvalue weighted by Gasteiger charge is -2.18. The second kappa shape index (κ2) is 8.13. The summed E-state index contributed by atoms with van der Waals surface area (Å²) in [5.41, 5.74) is 2.94. The first-order valence-corrected chi connectivity index (χ1v) is 8.95. The predicted octanol–water partition coefficient (Wildman–Crippen LogP) is 4.42. The molecule has 9 heteroatoms. The van der Waals surface area contributed by atoms with Gasteiger partial charge in [-0.3, -0.25) is 10.1 Å². The summed E-state index contributed by atoms with van der Waals surface area (Å²) in [7, 11) is 6.12. The first-order chi connectivity index (χ1) is 13.5. The Kier molecular flexibility index (Phi) is 5.65. The molecule has 28 heavy (non-hydrogen) atoms. The summed E-state index contributed by atoms with van der Waals surface area (Å²) in [6.07, 6.45) is 0. The maximum Gasteiger partial charge on any atom is 0.269 e. The summed E-state index contributed by atoms with van der Waals surface area (Å²) in [5.74, 6) is 1.78. The fraction of sp³-hybridized carbons (Fsp3) is 0.211. The fourth-order valence-corrected chi connectivity index (χ4v) is 3.62. The van der Waals surface area contributed by atoms with Crippen LogP contribution in [-0.4, -0.2) is 37.7 Å². The molecule has 0 fully saturated rings. The summed E-state index contributed by atoms with van der Waals surface area (Å²) in [5, 5.41) is 12.8. The van der Waals surface area contributed by atoms with Crippen LogP contribution in [0.4, 0.5) is 5.69 Å². The van der Waals surface area contributed by atoms with Crippen LogP contribution in [0.25, 0.3) is 22.4 Å². The van der Waals surface area contributed by atoms with Crippen molar-refractivity contribution in [2.45, 2.75) is 0 Å². The van der Waals surface area contributed by atoms with E-state index in [1.807, 2.05) is 5.38 Å². The maximum atomic E-state index is 10.9. The molecule has 1 aromatic heterocycles. The van der Waals surface area contributed by atoms with Crippen molar-refractivity contribution in [1.29, 1.82) is 0 Å². The molecule has 3 rings (SSSR count). The van der Waals surface area contributed by atoms with Crippen LogP contribution in [0.5, 0.6) is 23.0 Å². The Labute approximate surface area is 165 Å². The van der Waals surface area contributed by atoms with Gasteiger partial charge >= 0.3 is 0 Å². The second-order valence-corrected chi connectivity index (χ2v) is 6.24. The Morgan fingerprint density at radius 3 is 2.07 bits per heavy atom. The molecule has 0 atom stereocenters. The zero-order valence-corrected chi connectivity index (χ0v) is 16.5. The highest BCUT2D eigenvalue weighted by Gasteiger charge is 2.25. The summed E-state index contributed by atoms with van der Waals surface area (Å²) in [6, 6.07) is 8.02. The van der Waals surface area contributed by atoms with E-state index in [1.54, 1.807) is 25.3 Å². The van der Waals surface area contributed by atoms with Crippen LogP contribution in [0, 0.1) is 10.1 Å². The van der Waals surface area contributed by atoms with Crippen LogP contribution in [0.1, 0.15) is 0 Å². The molecule has 8 nitrogen and oxygen atoms in total. The Balaban J connectivity index is 2.20. The SMILES string of the molecule is COc1cc(-c2csnc2-c2ccc([N+](=O)[O-])cc2)c(OC)c(OC)c1OC. The van der Waals surface area contributed by atoms with Crippen molar-refractivity contribution >= 4 is 17.2 Å². The summed E-state index contributed by atoms with van der Waals surface area (Å²) in [6.45, 7) is 0. The van der Waals surface area contributed by atoms with Gasteiger partial charge in [0.15, 0.2) is 11.5 Å². The van der Waals surface area contributed by atoms with Gasteiger partial charge in [-0.15, -0.1) is 0 Å². The summed E-state index contributed by atoms with van der Waals surface area (Å²) >= 11 is 1.27. The van der Waals surface area contributed by atoms with Crippen LogP contribution >= 0.6 is 11.5 Å². The molecular formula is C19H18N2O6S. The lowest BCUT2D eigenvalue weighted by molar-refractivity contribution is -0.384. The quantitative estimate of drug-likeness (QED) is 0.426. The molecule has 3 aromatic rings. The zero-order chi connectivity index (χ0) is 20.3. The van der Waals surface area contributed by atoms with Crippen molar-refractivity contribution in [3.8, 4) is 45.4 Å². The first kappa shape index (κ1) is 19.4. The van der Waals surface area contributed by atoms with Crippen LogP contribution in [0.3, 0.4) is 0 Å². The molecule has 0 amide bonds. The normalized spacial score (nSPS) is 10.4. The highest BCUT2D eigenvalue weighted by molar-refractivity contribution is 7.04. The Bertz CT molecular complexity index is 1000. The van der Waals surface area contributed by atoms with Gasteiger partial charge in [0.2, 0.25) is 11.5 Å². The smallest absolute Gasteiger partial charge is 0.269 e. The average molecular weight is 402 g/mol. The average Bonchev–Trinajstić information content (AvgIpc) is 3.21. The third-order valence-corrected chi connectivity index (χ3v) is 4.83. The van der Waals surface area contributed by atoms with E-state index in [0.717, 1.165) is 11.1 Å². The van der Waals surface area contributed by atoms with E-state index in [1.165, 1.54) is 45.0 Å². The molecule has 0 bridgehead atoms. The van der Waals surface area contributed by atoms with E-state index in [0.29, 0.717) is 34.3 Å². The van der Waals surface area contributed by atoms with Gasteiger partial charge in [-0.2, -0.15) is 4.37 Å². The number of aromatic nitrogens is 1. The zero-order valence-electron chi connectivity index (χ0n) is 15.7. The Morgan fingerprint density at radius 2 is 1.54 bits per heavy atom. The lowest BCUT2D eigenvalue weighted by atomic mass is 9.99. The summed E-state index contributed by atoms with van der Waals surface area (Å²) in [4.78, 5) is 10.5. The highest BCUT2D eigenvalue weighted by atomic mass is 32.1. The molecule has 1 heterocycles. The van der Waals surface area contributed by atoms with Gasteiger partial charge in [0.05, 0.1) is 39.1 Å². The van der Waals surface area contributed by atoms with Gasteiger partial charge in [0, 0.05) is 34.2 Å². The number of hydrogen-bond donors (Lipinski definition) is 0. The van der Waals surface area contributed by atoms with Crippen LogP contribution < -0.4 is 18.9 Å². The third kappa shape index (κ3) is 3.31. The third-order valence-electron chi connectivity index (χ3n) is 4.20. The fourth-order valence-electron chi connectivity index (χ4n) is 2.91. The van der Waals surface area contributed by atoms with Crippen molar-refractivity contribution < 1.29 is 23.9 Å². The van der Waals surface area contributed by atoms with Gasteiger partial charge in [-0.05, 0) is 29.7 Å².